The third-order valence-electron chi connectivity index (χ3n) is 1.24. The van der Waals surface area contributed by atoms with Gasteiger partial charge in [0.05, 0.1) is 0 Å². The Morgan fingerprint density at radius 2 is 2.36 bits per heavy atom. The van der Waals surface area contributed by atoms with Gasteiger partial charge in [-0.25, -0.2) is 0 Å². The van der Waals surface area contributed by atoms with E-state index in [1.54, 1.807) is 0 Å². The van der Waals surface area contributed by atoms with Gasteiger partial charge in [0.2, 0.25) is 5.78 Å². The summed E-state index contributed by atoms with van der Waals surface area (Å²) in [7, 11) is 0. The van der Waals surface area contributed by atoms with Crippen LogP contribution in [0.4, 0.5) is 0 Å². The van der Waals surface area contributed by atoms with Crippen molar-refractivity contribution < 1.29 is 19.4 Å². The normalized spacial score (nSPS) is 16.9. The van der Waals surface area contributed by atoms with Crippen LogP contribution in [0.3, 0.4) is 0 Å². The summed E-state index contributed by atoms with van der Waals surface area (Å²) < 4.78 is 4.39. The summed E-state index contributed by atoms with van der Waals surface area (Å²) in [6.45, 7) is 0.241. The molecule has 0 radical (unpaired) electrons. The minimum absolute atomic E-state index is 0.0749. The molecule has 0 saturated carbocycles. The SMILES string of the molecule is O=COC1=CCC(=O)C(O)=C1. The summed E-state index contributed by atoms with van der Waals surface area (Å²) in [6.07, 6.45) is 2.61. The summed E-state index contributed by atoms with van der Waals surface area (Å²) in [6, 6.07) is 0. The molecular formula is C7H6O4. The number of carbonyl (C=O) groups excluding carboxylic acids is 2. The number of rotatable bonds is 2. The molecule has 4 heteroatoms. The molecule has 1 aliphatic rings. The van der Waals surface area contributed by atoms with Crippen molar-refractivity contribution in [3.8, 4) is 0 Å². The maximum absolute atomic E-state index is 10.6. The van der Waals surface area contributed by atoms with Crippen molar-refractivity contribution in [1.29, 1.82) is 0 Å². The number of ketones is 1. The van der Waals surface area contributed by atoms with Crippen LogP contribution < -0.4 is 0 Å². The van der Waals surface area contributed by atoms with Gasteiger partial charge in [-0.2, -0.15) is 0 Å². The van der Waals surface area contributed by atoms with Crippen LogP contribution in [0.2, 0.25) is 0 Å². The fraction of sp³-hybridized carbons (Fsp3) is 0.143. The molecule has 0 unspecified atom stereocenters. The van der Waals surface area contributed by atoms with Crippen molar-refractivity contribution in [2.75, 3.05) is 0 Å². The smallest absolute Gasteiger partial charge is 0.298 e. The first kappa shape index (κ1) is 7.53. The number of hydrogen-bond acceptors (Lipinski definition) is 4. The van der Waals surface area contributed by atoms with Crippen molar-refractivity contribution in [3.63, 3.8) is 0 Å². The number of aliphatic hydroxyl groups excluding tert-OH is 1. The molecule has 0 aromatic carbocycles. The van der Waals surface area contributed by atoms with Crippen LogP contribution in [0, 0.1) is 0 Å². The Hall–Kier alpha value is -1.58. The Kier molecular flexibility index (Phi) is 2.06. The standard InChI is InChI=1S/C7H6O4/c8-4-11-5-1-2-6(9)7(10)3-5/h1,3-4,10H,2H2. The minimum atomic E-state index is -0.372. The molecule has 58 valence electrons. The molecule has 0 saturated heterocycles. The molecule has 0 atom stereocenters. The lowest BCUT2D eigenvalue weighted by Crippen LogP contribution is -2.06. The Labute approximate surface area is 62.8 Å². The summed E-state index contributed by atoms with van der Waals surface area (Å²) >= 11 is 0. The second-order valence-corrected chi connectivity index (χ2v) is 1.98. The first-order valence-corrected chi connectivity index (χ1v) is 2.98. The van der Waals surface area contributed by atoms with Crippen molar-refractivity contribution in [2.24, 2.45) is 0 Å². The average Bonchev–Trinajstić information content (AvgIpc) is 1.98. The van der Waals surface area contributed by atoms with Gasteiger partial charge >= 0.3 is 0 Å². The average molecular weight is 154 g/mol. The molecule has 11 heavy (non-hydrogen) atoms. The third-order valence-corrected chi connectivity index (χ3v) is 1.24. The van der Waals surface area contributed by atoms with Crippen molar-refractivity contribution in [1.82, 2.24) is 0 Å². The fourth-order valence-corrected chi connectivity index (χ4v) is 0.710. The fourth-order valence-electron chi connectivity index (χ4n) is 0.710. The van der Waals surface area contributed by atoms with E-state index in [1.807, 2.05) is 0 Å². The molecule has 1 N–H and O–H groups in total. The predicted octanol–water partition coefficient (Wildman–Crippen LogP) is 0.458. The Bertz CT molecular complexity index is 249. The van der Waals surface area contributed by atoms with Gasteiger partial charge in [0.15, 0.2) is 5.76 Å². The summed E-state index contributed by atoms with van der Waals surface area (Å²) in [4.78, 5) is 20.4. The Morgan fingerprint density at radius 1 is 1.64 bits per heavy atom. The van der Waals surface area contributed by atoms with E-state index in [-0.39, 0.29) is 30.2 Å². The zero-order valence-electron chi connectivity index (χ0n) is 5.61. The zero-order valence-corrected chi connectivity index (χ0v) is 5.61. The molecule has 0 amide bonds. The number of allylic oxidation sites excluding steroid dienone is 3. The topological polar surface area (TPSA) is 63.6 Å². The van der Waals surface area contributed by atoms with E-state index in [2.05, 4.69) is 4.74 Å². The molecule has 0 aromatic heterocycles. The second-order valence-electron chi connectivity index (χ2n) is 1.98. The zero-order chi connectivity index (χ0) is 8.27. The molecule has 4 nitrogen and oxygen atoms in total. The van der Waals surface area contributed by atoms with E-state index >= 15 is 0 Å². The lowest BCUT2D eigenvalue weighted by molar-refractivity contribution is -0.125. The van der Waals surface area contributed by atoms with E-state index in [0.717, 1.165) is 6.08 Å². The van der Waals surface area contributed by atoms with Crippen LogP contribution >= 0.6 is 0 Å². The lowest BCUT2D eigenvalue weighted by Gasteiger charge is -2.05. The predicted molar refractivity (Wildman–Crippen MR) is 35.6 cm³/mol. The summed E-state index contributed by atoms with van der Waals surface area (Å²) in [5, 5.41) is 8.85. The Morgan fingerprint density at radius 3 is 2.91 bits per heavy atom. The lowest BCUT2D eigenvalue weighted by atomic mass is 10.1. The third kappa shape index (κ3) is 1.67. The number of ether oxygens (including phenoxy) is 1. The van der Waals surface area contributed by atoms with Crippen molar-refractivity contribution >= 4 is 12.3 Å². The van der Waals surface area contributed by atoms with E-state index in [4.69, 9.17) is 5.11 Å². The first-order chi connectivity index (χ1) is 5.24. The molecule has 0 spiro atoms. The molecule has 0 bridgehead atoms. The molecule has 1 rings (SSSR count). The van der Waals surface area contributed by atoms with Crippen LogP contribution in [-0.4, -0.2) is 17.4 Å². The van der Waals surface area contributed by atoms with E-state index in [1.165, 1.54) is 6.08 Å². The monoisotopic (exact) mass is 154 g/mol. The maximum Gasteiger partial charge on any atom is 0.298 e. The molecule has 0 heterocycles. The van der Waals surface area contributed by atoms with Crippen LogP contribution in [0.25, 0.3) is 0 Å². The Balaban J connectivity index is 2.73. The number of Topliss-reactive ketones (excluding diaryl/α,β-unsaturated/α-hetero) is 1. The van der Waals surface area contributed by atoms with Gasteiger partial charge in [0.1, 0.15) is 5.76 Å². The highest BCUT2D eigenvalue weighted by Gasteiger charge is 2.12. The van der Waals surface area contributed by atoms with Gasteiger partial charge < -0.3 is 9.84 Å². The van der Waals surface area contributed by atoms with Gasteiger partial charge in [-0.05, 0) is 6.08 Å². The number of aliphatic hydroxyl groups is 1. The molecular weight excluding hydrogens is 148 g/mol. The van der Waals surface area contributed by atoms with Crippen LogP contribution in [-0.2, 0) is 14.3 Å². The van der Waals surface area contributed by atoms with Gasteiger partial charge in [-0.15, -0.1) is 0 Å². The minimum Gasteiger partial charge on any atom is -0.504 e. The largest absolute Gasteiger partial charge is 0.504 e. The summed E-state index contributed by atoms with van der Waals surface area (Å²) in [5.41, 5.74) is 0. The highest BCUT2D eigenvalue weighted by molar-refractivity contribution is 5.95. The summed E-state index contributed by atoms with van der Waals surface area (Å²) in [5.74, 6) is -0.537. The van der Waals surface area contributed by atoms with Gasteiger partial charge in [-0.1, -0.05) is 0 Å². The first-order valence-electron chi connectivity index (χ1n) is 2.98. The van der Waals surface area contributed by atoms with Crippen molar-refractivity contribution in [2.45, 2.75) is 6.42 Å². The van der Waals surface area contributed by atoms with E-state index in [0.29, 0.717) is 0 Å². The van der Waals surface area contributed by atoms with Crippen LogP contribution in [0.1, 0.15) is 6.42 Å². The number of carbonyl (C=O) groups is 2. The molecule has 1 aliphatic carbocycles. The van der Waals surface area contributed by atoms with Crippen molar-refractivity contribution in [3.05, 3.63) is 23.7 Å². The molecule has 0 aliphatic heterocycles. The van der Waals surface area contributed by atoms with Gasteiger partial charge in [0.25, 0.3) is 6.47 Å². The quantitative estimate of drug-likeness (QED) is 0.587. The van der Waals surface area contributed by atoms with E-state index in [9.17, 15) is 9.59 Å². The molecule has 0 aromatic rings. The van der Waals surface area contributed by atoms with Crippen LogP contribution in [0.5, 0.6) is 0 Å². The highest BCUT2D eigenvalue weighted by atomic mass is 16.5. The number of hydrogen-bond donors (Lipinski definition) is 1. The highest BCUT2D eigenvalue weighted by Crippen LogP contribution is 2.11. The van der Waals surface area contributed by atoms with Gasteiger partial charge in [-0.3, -0.25) is 9.59 Å². The second kappa shape index (κ2) is 3.01. The molecule has 0 fully saturated rings. The van der Waals surface area contributed by atoms with Gasteiger partial charge in [0, 0.05) is 12.5 Å². The van der Waals surface area contributed by atoms with E-state index < -0.39 is 0 Å². The maximum atomic E-state index is 10.6. The van der Waals surface area contributed by atoms with Crippen LogP contribution in [0.15, 0.2) is 23.7 Å².